The Bertz CT molecular complexity index is 273. The maximum Gasteiger partial charge on any atom is 0.220 e. The minimum atomic E-state index is 0.123. The van der Waals surface area contributed by atoms with Gasteiger partial charge in [-0.1, -0.05) is 20.8 Å². The third kappa shape index (κ3) is 8.14. The Morgan fingerprint density at radius 1 is 1.39 bits per heavy atom. The maximum absolute atomic E-state index is 11.6. The van der Waals surface area contributed by atoms with Gasteiger partial charge < -0.3 is 11.1 Å². The minimum absolute atomic E-state index is 0.123. The Balaban J connectivity index is 3.90. The van der Waals surface area contributed by atoms with E-state index in [2.05, 4.69) is 32.0 Å². The van der Waals surface area contributed by atoms with Gasteiger partial charge in [-0.25, -0.2) is 0 Å². The number of unbranched alkanes of at least 4 members (excludes halogenated alkanes) is 1. The lowest BCUT2D eigenvalue weighted by Crippen LogP contribution is -2.28. The number of amides is 1. The first-order valence-electron chi connectivity index (χ1n) is 6.82. The lowest BCUT2D eigenvalue weighted by atomic mass is 9.76. The highest BCUT2D eigenvalue weighted by Gasteiger charge is 2.24. The maximum atomic E-state index is 11.6. The van der Waals surface area contributed by atoms with Gasteiger partial charge in [-0.15, -0.1) is 12.3 Å². The summed E-state index contributed by atoms with van der Waals surface area (Å²) in [6, 6.07) is 0. The van der Waals surface area contributed by atoms with Gasteiger partial charge in [0.1, 0.15) is 0 Å². The van der Waals surface area contributed by atoms with Crippen LogP contribution in [0.4, 0.5) is 0 Å². The zero-order valence-corrected chi connectivity index (χ0v) is 12.1. The molecule has 0 aromatic heterocycles. The average Bonchev–Trinajstić information content (AvgIpc) is 2.28. The molecule has 18 heavy (non-hydrogen) atoms. The summed E-state index contributed by atoms with van der Waals surface area (Å²) in [6.45, 7) is 7.99. The Morgan fingerprint density at radius 2 is 2.06 bits per heavy atom. The molecule has 0 saturated carbocycles. The number of carbonyl (C=O) groups excluding carboxylic acids is 1. The first-order chi connectivity index (χ1) is 8.41. The van der Waals surface area contributed by atoms with E-state index in [1.807, 2.05) is 0 Å². The summed E-state index contributed by atoms with van der Waals surface area (Å²) >= 11 is 0. The molecule has 0 aromatic rings. The van der Waals surface area contributed by atoms with Gasteiger partial charge in [-0.05, 0) is 37.1 Å². The summed E-state index contributed by atoms with van der Waals surface area (Å²) in [5.41, 5.74) is 5.84. The number of terminal acetylenes is 1. The van der Waals surface area contributed by atoms with E-state index in [1.54, 1.807) is 0 Å². The molecule has 1 unspecified atom stereocenters. The second kappa shape index (κ2) is 8.99. The molecular formula is C15H28N2O. The summed E-state index contributed by atoms with van der Waals surface area (Å²) in [6.07, 6.45) is 9.19. The van der Waals surface area contributed by atoms with Crippen molar-refractivity contribution in [3.05, 3.63) is 0 Å². The van der Waals surface area contributed by atoms with Gasteiger partial charge in [0.15, 0.2) is 0 Å². The van der Waals surface area contributed by atoms with E-state index in [-0.39, 0.29) is 11.3 Å². The standard InChI is InChI=1S/C15H28N2O/c1-5-6-7-12-17-14(18)9-8-13(10-11-16)15(2,3)4/h1,13H,6-12,16H2,2-4H3,(H,17,18). The summed E-state index contributed by atoms with van der Waals surface area (Å²) in [5.74, 6) is 3.19. The summed E-state index contributed by atoms with van der Waals surface area (Å²) in [4.78, 5) is 11.6. The van der Waals surface area contributed by atoms with Crippen LogP contribution in [0.25, 0.3) is 0 Å². The molecular weight excluding hydrogens is 224 g/mol. The molecule has 0 aliphatic rings. The molecule has 0 aliphatic heterocycles. The molecule has 0 rings (SSSR count). The largest absolute Gasteiger partial charge is 0.356 e. The Labute approximate surface area is 112 Å². The van der Waals surface area contributed by atoms with Crippen molar-refractivity contribution in [1.82, 2.24) is 5.32 Å². The fourth-order valence-electron chi connectivity index (χ4n) is 2.02. The number of rotatable bonds is 8. The van der Waals surface area contributed by atoms with Gasteiger partial charge in [0, 0.05) is 19.4 Å². The van der Waals surface area contributed by atoms with Gasteiger partial charge >= 0.3 is 0 Å². The first kappa shape index (κ1) is 17.0. The van der Waals surface area contributed by atoms with Crippen LogP contribution in [0.1, 0.15) is 52.9 Å². The SMILES string of the molecule is C#CCCCNC(=O)CCC(CCN)C(C)(C)C. The zero-order chi connectivity index (χ0) is 14.0. The van der Waals surface area contributed by atoms with Crippen LogP contribution < -0.4 is 11.1 Å². The monoisotopic (exact) mass is 252 g/mol. The lowest BCUT2D eigenvalue weighted by Gasteiger charge is -2.30. The molecule has 1 atom stereocenters. The van der Waals surface area contributed by atoms with Crippen LogP contribution in [0.2, 0.25) is 0 Å². The van der Waals surface area contributed by atoms with E-state index < -0.39 is 0 Å². The predicted octanol–water partition coefficient (Wildman–Crippen LogP) is 2.31. The first-order valence-corrected chi connectivity index (χ1v) is 6.82. The fourth-order valence-corrected chi connectivity index (χ4v) is 2.02. The highest BCUT2D eigenvalue weighted by atomic mass is 16.1. The molecule has 0 radical (unpaired) electrons. The highest BCUT2D eigenvalue weighted by molar-refractivity contribution is 5.75. The van der Waals surface area contributed by atoms with Crippen molar-refractivity contribution in [1.29, 1.82) is 0 Å². The number of hydrogen-bond donors (Lipinski definition) is 2. The van der Waals surface area contributed by atoms with Crippen molar-refractivity contribution >= 4 is 5.91 Å². The molecule has 104 valence electrons. The topological polar surface area (TPSA) is 55.1 Å². The van der Waals surface area contributed by atoms with Crippen LogP contribution in [0.15, 0.2) is 0 Å². The predicted molar refractivity (Wildman–Crippen MR) is 76.9 cm³/mol. The number of nitrogens with two attached hydrogens (primary N) is 1. The van der Waals surface area contributed by atoms with Gasteiger partial charge in [0.05, 0.1) is 0 Å². The van der Waals surface area contributed by atoms with E-state index in [1.165, 1.54) is 0 Å². The van der Waals surface area contributed by atoms with Crippen LogP contribution in [-0.2, 0) is 4.79 Å². The van der Waals surface area contributed by atoms with E-state index in [4.69, 9.17) is 12.2 Å². The fraction of sp³-hybridized carbons (Fsp3) is 0.800. The number of carbonyl (C=O) groups is 1. The van der Waals surface area contributed by atoms with E-state index in [0.717, 1.165) is 25.7 Å². The molecule has 0 heterocycles. The third-order valence-corrected chi connectivity index (χ3v) is 3.28. The van der Waals surface area contributed by atoms with Gasteiger partial charge in [-0.3, -0.25) is 4.79 Å². The molecule has 0 fully saturated rings. The molecule has 0 bridgehead atoms. The summed E-state index contributed by atoms with van der Waals surface area (Å²) < 4.78 is 0. The van der Waals surface area contributed by atoms with E-state index in [0.29, 0.717) is 25.4 Å². The Kier molecular flexibility index (Phi) is 8.49. The van der Waals surface area contributed by atoms with Crippen LogP contribution in [0, 0.1) is 23.7 Å². The second-order valence-corrected chi connectivity index (χ2v) is 5.84. The van der Waals surface area contributed by atoms with Crippen molar-refractivity contribution in [2.24, 2.45) is 17.1 Å². The van der Waals surface area contributed by atoms with Crippen LogP contribution >= 0.6 is 0 Å². The Hall–Kier alpha value is -1.01. The summed E-state index contributed by atoms with van der Waals surface area (Å²) in [7, 11) is 0. The van der Waals surface area contributed by atoms with E-state index >= 15 is 0 Å². The molecule has 0 aliphatic carbocycles. The van der Waals surface area contributed by atoms with Crippen molar-refractivity contribution in [3.8, 4) is 12.3 Å². The Morgan fingerprint density at radius 3 is 2.56 bits per heavy atom. The van der Waals surface area contributed by atoms with Crippen LogP contribution in [0.5, 0.6) is 0 Å². The average molecular weight is 252 g/mol. The quantitative estimate of drug-likeness (QED) is 0.514. The second-order valence-electron chi connectivity index (χ2n) is 5.84. The lowest BCUT2D eigenvalue weighted by molar-refractivity contribution is -0.121. The van der Waals surface area contributed by atoms with E-state index in [9.17, 15) is 4.79 Å². The minimum Gasteiger partial charge on any atom is -0.356 e. The van der Waals surface area contributed by atoms with Crippen LogP contribution in [0.3, 0.4) is 0 Å². The van der Waals surface area contributed by atoms with Gasteiger partial charge in [-0.2, -0.15) is 0 Å². The molecule has 1 amide bonds. The van der Waals surface area contributed by atoms with Gasteiger partial charge in [0.2, 0.25) is 5.91 Å². The normalized spacial score (nSPS) is 12.8. The molecule has 0 spiro atoms. The molecule has 0 aromatic carbocycles. The molecule has 0 saturated heterocycles. The molecule has 3 nitrogen and oxygen atoms in total. The third-order valence-electron chi connectivity index (χ3n) is 3.28. The number of nitrogens with one attached hydrogen (secondary N) is 1. The van der Waals surface area contributed by atoms with Crippen molar-refractivity contribution in [2.75, 3.05) is 13.1 Å². The zero-order valence-electron chi connectivity index (χ0n) is 12.1. The smallest absolute Gasteiger partial charge is 0.220 e. The molecule has 3 heteroatoms. The van der Waals surface area contributed by atoms with Gasteiger partial charge in [0.25, 0.3) is 0 Å². The van der Waals surface area contributed by atoms with Crippen LogP contribution in [-0.4, -0.2) is 19.0 Å². The summed E-state index contributed by atoms with van der Waals surface area (Å²) in [5, 5.41) is 2.90. The van der Waals surface area contributed by atoms with Crippen molar-refractivity contribution in [2.45, 2.75) is 52.9 Å². The molecule has 3 N–H and O–H groups in total. The van der Waals surface area contributed by atoms with Crippen molar-refractivity contribution < 1.29 is 4.79 Å². The van der Waals surface area contributed by atoms with Crippen molar-refractivity contribution in [3.63, 3.8) is 0 Å². The number of hydrogen-bond acceptors (Lipinski definition) is 2. The highest BCUT2D eigenvalue weighted by Crippen LogP contribution is 2.31.